The van der Waals surface area contributed by atoms with Crippen LogP contribution >= 0.6 is 0 Å². The van der Waals surface area contributed by atoms with Gasteiger partial charge in [-0.1, -0.05) is 18.2 Å². The SMILES string of the molecule is O=C(c1ccc2oc3ccccc3c2c1)N1C2CCC1CC(O)C2. The second-order valence-electron chi connectivity index (χ2n) is 7.03. The van der Waals surface area contributed by atoms with Gasteiger partial charge in [0.25, 0.3) is 5.91 Å². The first kappa shape index (κ1) is 14.1. The largest absolute Gasteiger partial charge is 0.456 e. The number of nitrogens with zero attached hydrogens (tertiary/aromatic N) is 1. The lowest BCUT2D eigenvalue weighted by molar-refractivity contribution is 0.0287. The van der Waals surface area contributed by atoms with Gasteiger partial charge >= 0.3 is 0 Å². The molecule has 2 saturated heterocycles. The Balaban J connectivity index is 1.57. The van der Waals surface area contributed by atoms with Gasteiger partial charge in [-0.15, -0.1) is 0 Å². The standard InChI is InChI=1S/C20H19NO3/c22-15-10-13-6-7-14(11-15)21(13)20(23)12-5-8-19-17(9-12)16-3-1-2-4-18(16)24-19/h1-5,8-9,13-15,22H,6-7,10-11H2. The van der Waals surface area contributed by atoms with E-state index in [1.165, 1.54) is 0 Å². The molecule has 1 amide bonds. The summed E-state index contributed by atoms with van der Waals surface area (Å²) in [7, 11) is 0. The number of piperidine rings is 1. The molecule has 0 aliphatic carbocycles. The van der Waals surface area contributed by atoms with E-state index >= 15 is 0 Å². The first-order valence-electron chi connectivity index (χ1n) is 8.63. The Morgan fingerprint density at radius 2 is 1.71 bits per heavy atom. The molecule has 4 heteroatoms. The van der Waals surface area contributed by atoms with Gasteiger partial charge in [0, 0.05) is 28.4 Å². The fourth-order valence-corrected chi connectivity index (χ4v) is 4.49. The smallest absolute Gasteiger partial charge is 0.254 e. The third kappa shape index (κ3) is 1.99. The Morgan fingerprint density at radius 3 is 2.50 bits per heavy atom. The molecule has 2 unspecified atom stereocenters. The number of rotatable bonds is 1. The molecule has 3 aromatic rings. The Hall–Kier alpha value is -2.33. The predicted octanol–water partition coefficient (Wildman–Crippen LogP) is 3.71. The van der Waals surface area contributed by atoms with Crippen molar-refractivity contribution in [1.82, 2.24) is 4.90 Å². The van der Waals surface area contributed by atoms with E-state index in [9.17, 15) is 9.90 Å². The molecule has 3 heterocycles. The number of fused-ring (bicyclic) bond motifs is 5. The van der Waals surface area contributed by atoms with Gasteiger partial charge in [0.05, 0.1) is 6.10 Å². The molecule has 2 aromatic carbocycles. The van der Waals surface area contributed by atoms with E-state index in [0.29, 0.717) is 18.4 Å². The molecule has 0 radical (unpaired) electrons. The highest BCUT2D eigenvalue weighted by Crippen LogP contribution is 2.37. The quantitative estimate of drug-likeness (QED) is 0.743. The maximum absolute atomic E-state index is 13.1. The van der Waals surface area contributed by atoms with Crippen LogP contribution in [0, 0.1) is 0 Å². The van der Waals surface area contributed by atoms with Crippen LogP contribution in [-0.4, -0.2) is 34.1 Å². The van der Waals surface area contributed by atoms with Crippen molar-refractivity contribution < 1.29 is 14.3 Å². The molecule has 2 aliphatic heterocycles. The van der Waals surface area contributed by atoms with E-state index in [0.717, 1.165) is 34.8 Å². The molecular weight excluding hydrogens is 302 g/mol. The Kier molecular flexibility index (Phi) is 2.98. The number of hydrogen-bond donors (Lipinski definition) is 1. The molecule has 2 atom stereocenters. The van der Waals surface area contributed by atoms with Gasteiger partial charge in [0.2, 0.25) is 0 Å². The summed E-state index contributed by atoms with van der Waals surface area (Å²) in [5, 5.41) is 12.0. The highest BCUT2D eigenvalue weighted by molar-refractivity contribution is 6.08. The topological polar surface area (TPSA) is 53.7 Å². The Bertz CT molecular complexity index is 930. The zero-order valence-corrected chi connectivity index (χ0v) is 13.3. The van der Waals surface area contributed by atoms with E-state index in [-0.39, 0.29) is 24.1 Å². The lowest BCUT2D eigenvalue weighted by atomic mass is 9.98. The summed E-state index contributed by atoms with van der Waals surface area (Å²) in [4.78, 5) is 15.1. The van der Waals surface area contributed by atoms with Crippen LogP contribution in [0.15, 0.2) is 46.9 Å². The third-order valence-electron chi connectivity index (χ3n) is 5.57. The van der Waals surface area contributed by atoms with Gasteiger partial charge in [-0.3, -0.25) is 4.79 Å². The lowest BCUT2D eigenvalue weighted by Gasteiger charge is -2.37. The van der Waals surface area contributed by atoms with Crippen LogP contribution in [0.1, 0.15) is 36.0 Å². The van der Waals surface area contributed by atoms with Crippen LogP contribution in [0.5, 0.6) is 0 Å². The molecule has 122 valence electrons. The molecule has 4 nitrogen and oxygen atoms in total. The molecule has 2 aliphatic rings. The lowest BCUT2D eigenvalue weighted by Crippen LogP contribution is -2.47. The van der Waals surface area contributed by atoms with Crippen molar-refractivity contribution in [2.45, 2.75) is 43.9 Å². The summed E-state index contributed by atoms with van der Waals surface area (Å²) in [5.74, 6) is 0.0848. The van der Waals surface area contributed by atoms with Crippen LogP contribution < -0.4 is 0 Å². The van der Waals surface area contributed by atoms with Gasteiger partial charge in [-0.2, -0.15) is 0 Å². The van der Waals surface area contributed by atoms with E-state index in [2.05, 4.69) is 0 Å². The van der Waals surface area contributed by atoms with Crippen LogP contribution in [0.3, 0.4) is 0 Å². The number of para-hydroxylation sites is 1. The van der Waals surface area contributed by atoms with Gasteiger partial charge in [-0.25, -0.2) is 0 Å². The fraction of sp³-hybridized carbons (Fsp3) is 0.350. The minimum atomic E-state index is -0.258. The number of aliphatic hydroxyl groups excluding tert-OH is 1. The number of benzene rings is 2. The summed E-state index contributed by atoms with van der Waals surface area (Å²) in [6, 6.07) is 14.0. The normalized spacial score (nSPS) is 26.4. The number of amides is 1. The maximum atomic E-state index is 13.1. The molecule has 5 rings (SSSR count). The van der Waals surface area contributed by atoms with Gasteiger partial charge < -0.3 is 14.4 Å². The number of furan rings is 1. The Labute approximate surface area is 139 Å². The summed E-state index contributed by atoms with van der Waals surface area (Å²) in [6.45, 7) is 0. The molecule has 2 fully saturated rings. The van der Waals surface area contributed by atoms with Crippen LogP contribution in [0.2, 0.25) is 0 Å². The van der Waals surface area contributed by atoms with E-state index in [1.54, 1.807) is 0 Å². The van der Waals surface area contributed by atoms with E-state index in [1.807, 2.05) is 47.4 Å². The number of carbonyl (C=O) groups is 1. The zero-order chi connectivity index (χ0) is 16.3. The fourth-order valence-electron chi connectivity index (χ4n) is 4.49. The summed E-state index contributed by atoms with van der Waals surface area (Å²) >= 11 is 0. The first-order chi connectivity index (χ1) is 11.7. The van der Waals surface area contributed by atoms with Crippen molar-refractivity contribution in [2.24, 2.45) is 0 Å². The molecule has 2 bridgehead atoms. The van der Waals surface area contributed by atoms with E-state index in [4.69, 9.17) is 4.42 Å². The highest BCUT2D eigenvalue weighted by Gasteiger charge is 2.42. The van der Waals surface area contributed by atoms with Crippen LogP contribution in [0.4, 0.5) is 0 Å². The molecule has 24 heavy (non-hydrogen) atoms. The van der Waals surface area contributed by atoms with Gasteiger partial charge in [-0.05, 0) is 49.9 Å². The minimum absolute atomic E-state index is 0.0848. The summed E-state index contributed by atoms with van der Waals surface area (Å²) in [6.07, 6.45) is 3.17. The molecule has 0 spiro atoms. The number of hydrogen-bond acceptors (Lipinski definition) is 3. The monoisotopic (exact) mass is 321 g/mol. The third-order valence-corrected chi connectivity index (χ3v) is 5.57. The second-order valence-corrected chi connectivity index (χ2v) is 7.03. The first-order valence-corrected chi connectivity index (χ1v) is 8.63. The average molecular weight is 321 g/mol. The molecule has 1 N–H and O–H groups in total. The second kappa shape index (κ2) is 5.08. The predicted molar refractivity (Wildman–Crippen MR) is 91.9 cm³/mol. The average Bonchev–Trinajstić information content (AvgIpc) is 3.09. The molecular formula is C20H19NO3. The number of carbonyl (C=O) groups excluding carboxylic acids is 1. The van der Waals surface area contributed by atoms with Crippen molar-refractivity contribution >= 4 is 27.8 Å². The van der Waals surface area contributed by atoms with Crippen LogP contribution in [-0.2, 0) is 0 Å². The van der Waals surface area contributed by atoms with Gasteiger partial charge in [0.1, 0.15) is 11.2 Å². The van der Waals surface area contributed by atoms with Crippen molar-refractivity contribution in [3.8, 4) is 0 Å². The minimum Gasteiger partial charge on any atom is -0.456 e. The van der Waals surface area contributed by atoms with E-state index < -0.39 is 0 Å². The maximum Gasteiger partial charge on any atom is 0.254 e. The molecule has 1 aromatic heterocycles. The van der Waals surface area contributed by atoms with Crippen molar-refractivity contribution in [3.05, 3.63) is 48.0 Å². The Morgan fingerprint density at radius 1 is 1.00 bits per heavy atom. The van der Waals surface area contributed by atoms with Crippen molar-refractivity contribution in [2.75, 3.05) is 0 Å². The number of aliphatic hydroxyl groups is 1. The molecule has 0 saturated carbocycles. The van der Waals surface area contributed by atoms with Crippen molar-refractivity contribution in [3.63, 3.8) is 0 Å². The zero-order valence-electron chi connectivity index (χ0n) is 13.3. The summed E-state index contributed by atoms with van der Waals surface area (Å²) < 4.78 is 5.84. The van der Waals surface area contributed by atoms with Gasteiger partial charge in [0.15, 0.2) is 0 Å². The van der Waals surface area contributed by atoms with Crippen molar-refractivity contribution in [1.29, 1.82) is 0 Å². The summed E-state index contributed by atoms with van der Waals surface area (Å²) in [5.41, 5.74) is 2.37. The highest BCUT2D eigenvalue weighted by atomic mass is 16.3. The van der Waals surface area contributed by atoms with Crippen LogP contribution in [0.25, 0.3) is 21.9 Å².